The van der Waals surface area contributed by atoms with E-state index in [0.29, 0.717) is 5.56 Å². The van der Waals surface area contributed by atoms with Crippen LogP contribution in [-0.4, -0.2) is 29.2 Å². The molecule has 0 aliphatic rings. The zero-order valence-corrected chi connectivity index (χ0v) is 8.74. The maximum Gasteiger partial charge on any atom is 0.343 e. The van der Waals surface area contributed by atoms with E-state index in [2.05, 4.69) is 5.32 Å². The lowest BCUT2D eigenvalue weighted by atomic mass is 10.1. The van der Waals surface area contributed by atoms with Crippen molar-refractivity contribution in [3.05, 3.63) is 35.9 Å². The van der Waals surface area contributed by atoms with Crippen LogP contribution in [0.25, 0.3) is 0 Å². The molecule has 16 heavy (non-hydrogen) atoms. The first-order valence-electron chi connectivity index (χ1n) is 4.69. The number of carbonyl (C=O) groups is 2. The Hall–Kier alpha value is -1.91. The topological polar surface area (TPSA) is 66.4 Å². The highest BCUT2D eigenvalue weighted by Gasteiger charge is 2.33. The molecule has 4 nitrogen and oxygen atoms in total. The highest BCUT2D eigenvalue weighted by atomic mass is 19.1. The first kappa shape index (κ1) is 12.2. The van der Waals surface area contributed by atoms with E-state index in [1.807, 2.05) is 0 Å². The summed E-state index contributed by atoms with van der Waals surface area (Å²) in [6.45, 7) is 0.344. The highest BCUT2D eigenvalue weighted by molar-refractivity contribution is 5.94. The van der Waals surface area contributed by atoms with E-state index >= 15 is 0 Å². The van der Waals surface area contributed by atoms with Crippen LogP contribution in [0.4, 0.5) is 4.39 Å². The molecule has 0 fully saturated rings. The Morgan fingerprint density at radius 2 is 1.94 bits per heavy atom. The summed E-state index contributed by atoms with van der Waals surface area (Å²) in [5.74, 6) is -2.09. The van der Waals surface area contributed by atoms with Crippen molar-refractivity contribution in [3.63, 3.8) is 0 Å². The van der Waals surface area contributed by atoms with Gasteiger partial charge in [-0.25, -0.2) is 9.18 Å². The predicted octanol–water partition coefficient (Wildman–Crippen LogP) is 1.23. The standard InChI is InChI=1S/C11H12FNO3/c1-11(12,10(15)16)7-13-9(14)8-5-3-2-4-6-8/h2-6H,7H2,1H3,(H,13,14)(H,15,16). The minimum absolute atomic E-state index is 0.365. The van der Waals surface area contributed by atoms with Crippen LogP contribution in [0.3, 0.4) is 0 Å². The molecule has 5 heteroatoms. The second kappa shape index (κ2) is 4.74. The van der Waals surface area contributed by atoms with Gasteiger partial charge in [-0.05, 0) is 19.1 Å². The van der Waals surface area contributed by atoms with Crippen molar-refractivity contribution in [2.75, 3.05) is 6.54 Å². The Balaban J connectivity index is 2.58. The SMILES string of the molecule is CC(F)(CNC(=O)c1ccccc1)C(=O)O. The van der Waals surface area contributed by atoms with E-state index in [9.17, 15) is 14.0 Å². The van der Waals surface area contributed by atoms with Gasteiger partial charge < -0.3 is 10.4 Å². The molecular weight excluding hydrogens is 213 g/mol. The molecular formula is C11H12FNO3. The highest BCUT2D eigenvalue weighted by Crippen LogP contribution is 2.08. The first-order valence-corrected chi connectivity index (χ1v) is 4.69. The molecule has 0 aromatic heterocycles. The molecule has 1 atom stereocenters. The van der Waals surface area contributed by atoms with E-state index in [1.165, 1.54) is 0 Å². The Morgan fingerprint density at radius 3 is 2.44 bits per heavy atom. The van der Waals surface area contributed by atoms with Crippen LogP contribution in [0.15, 0.2) is 30.3 Å². The minimum atomic E-state index is -2.45. The molecule has 86 valence electrons. The van der Waals surface area contributed by atoms with Crippen molar-refractivity contribution < 1.29 is 19.1 Å². The number of rotatable bonds is 4. The van der Waals surface area contributed by atoms with E-state index in [-0.39, 0.29) is 0 Å². The number of hydrogen-bond donors (Lipinski definition) is 2. The van der Waals surface area contributed by atoms with Crippen LogP contribution in [0.5, 0.6) is 0 Å². The molecule has 0 saturated carbocycles. The van der Waals surface area contributed by atoms with Crippen LogP contribution >= 0.6 is 0 Å². The third-order valence-corrected chi connectivity index (χ3v) is 2.06. The van der Waals surface area contributed by atoms with Gasteiger partial charge in [-0.3, -0.25) is 4.79 Å². The number of carbonyl (C=O) groups excluding carboxylic acids is 1. The third kappa shape index (κ3) is 3.05. The Kier molecular flexibility index (Phi) is 3.60. The van der Waals surface area contributed by atoms with E-state index < -0.39 is 24.1 Å². The molecule has 0 aliphatic heterocycles. The Morgan fingerprint density at radius 1 is 1.38 bits per heavy atom. The van der Waals surface area contributed by atoms with Gasteiger partial charge in [-0.2, -0.15) is 0 Å². The molecule has 1 unspecified atom stereocenters. The van der Waals surface area contributed by atoms with Gasteiger partial charge in [0.25, 0.3) is 5.91 Å². The van der Waals surface area contributed by atoms with Gasteiger partial charge in [-0.15, -0.1) is 0 Å². The van der Waals surface area contributed by atoms with E-state index in [1.54, 1.807) is 30.3 Å². The van der Waals surface area contributed by atoms with Crippen LogP contribution in [0.1, 0.15) is 17.3 Å². The lowest BCUT2D eigenvalue weighted by Crippen LogP contribution is -2.43. The average molecular weight is 225 g/mol. The maximum atomic E-state index is 13.3. The second-order valence-electron chi connectivity index (χ2n) is 3.55. The molecule has 2 N–H and O–H groups in total. The van der Waals surface area contributed by atoms with Crippen molar-refractivity contribution in [1.29, 1.82) is 0 Å². The number of carboxylic acids is 1. The number of nitrogens with one attached hydrogen (secondary N) is 1. The van der Waals surface area contributed by atoms with Gasteiger partial charge in [0.15, 0.2) is 0 Å². The smallest absolute Gasteiger partial charge is 0.343 e. The number of carboxylic acid groups (broad SMARTS) is 1. The summed E-state index contributed by atoms with van der Waals surface area (Å²) in [5, 5.41) is 10.7. The number of hydrogen-bond acceptors (Lipinski definition) is 2. The normalized spacial score (nSPS) is 13.9. The average Bonchev–Trinajstić information content (AvgIpc) is 2.27. The molecule has 0 saturated heterocycles. The van der Waals surface area contributed by atoms with Crippen molar-refractivity contribution in [3.8, 4) is 0 Å². The van der Waals surface area contributed by atoms with Gasteiger partial charge in [0.1, 0.15) is 0 Å². The molecule has 1 rings (SSSR count). The molecule has 0 aliphatic carbocycles. The molecule has 1 aromatic rings. The van der Waals surface area contributed by atoms with Crippen molar-refractivity contribution in [1.82, 2.24) is 5.32 Å². The molecule has 1 amide bonds. The molecule has 1 aromatic carbocycles. The second-order valence-corrected chi connectivity index (χ2v) is 3.55. The maximum absolute atomic E-state index is 13.3. The van der Waals surface area contributed by atoms with Crippen molar-refractivity contribution >= 4 is 11.9 Å². The van der Waals surface area contributed by atoms with Crippen LogP contribution < -0.4 is 5.32 Å². The first-order chi connectivity index (χ1) is 7.43. The lowest BCUT2D eigenvalue weighted by molar-refractivity contribution is -0.149. The van der Waals surface area contributed by atoms with Gasteiger partial charge in [0.2, 0.25) is 5.67 Å². The zero-order chi connectivity index (χ0) is 12.2. The summed E-state index contributed by atoms with van der Waals surface area (Å²) >= 11 is 0. The van der Waals surface area contributed by atoms with Gasteiger partial charge >= 0.3 is 5.97 Å². The summed E-state index contributed by atoms with van der Waals surface area (Å²) in [7, 11) is 0. The fourth-order valence-electron chi connectivity index (χ4n) is 1.01. The van der Waals surface area contributed by atoms with Crippen LogP contribution in [-0.2, 0) is 4.79 Å². The van der Waals surface area contributed by atoms with Crippen molar-refractivity contribution in [2.24, 2.45) is 0 Å². The molecule has 0 bridgehead atoms. The largest absolute Gasteiger partial charge is 0.479 e. The number of aliphatic carboxylic acids is 1. The molecule has 0 spiro atoms. The summed E-state index contributed by atoms with van der Waals surface area (Å²) in [6.07, 6.45) is 0. The summed E-state index contributed by atoms with van der Waals surface area (Å²) < 4.78 is 13.3. The summed E-state index contributed by atoms with van der Waals surface area (Å²) in [5.41, 5.74) is -2.09. The van der Waals surface area contributed by atoms with Gasteiger partial charge in [-0.1, -0.05) is 18.2 Å². The Bertz CT molecular complexity index is 389. The fraction of sp³-hybridized carbons (Fsp3) is 0.273. The predicted molar refractivity (Wildman–Crippen MR) is 55.9 cm³/mol. The monoisotopic (exact) mass is 225 g/mol. The van der Waals surface area contributed by atoms with E-state index in [0.717, 1.165) is 6.92 Å². The number of amides is 1. The van der Waals surface area contributed by atoms with Gasteiger partial charge in [0.05, 0.1) is 6.54 Å². The number of halogens is 1. The quantitative estimate of drug-likeness (QED) is 0.809. The summed E-state index contributed by atoms with van der Waals surface area (Å²) in [4.78, 5) is 21.9. The van der Waals surface area contributed by atoms with Crippen LogP contribution in [0, 0.1) is 0 Å². The molecule has 0 heterocycles. The van der Waals surface area contributed by atoms with Gasteiger partial charge in [0, 0.05) is 5.56 Å². The number of benzene rings is 1. The summed E-state index contributed by atoms with van der Waals surface area (Å²) in [6, 6.07) is 8.20. The fourth-order valence-corrected chi connectivity index (χ4v) is 1.01. The van der Waals surface area contributed by atoms with Crippen LogP contribution in [0.2, 0.25) is 0 Å². The Labute approximate surface area is 92.1 Å². The lowest BCUT2D eigenvalue weighted by Gasteiger charge is -2.15. The zero-order valence-electron chi connectivity index (χ0n) is 8.74. The minimum Gasteiger partial charge on any atom is -0.479 e. The van der Waals surface area contributed by atoms with E-state index in [4.69, 9.17) is 5.11 Å². The molecule has 0 radical (unpaired) electrons. The number of alkyl halides is 1. The third-order valence-electron chi connectivity index (χ3n) is 2.06. The van der Waals surface area contributed by atoms with Crippen molar-refractivity contribution in [2.45, 2.75) is 12.6 Å².